The van der Waals surface area contributed by atoms with Crippen LogP contribution in [0.2, 0.25) is 0 Å². The monoisotopic (exact) mass is 312 g/mol. The zero-order valence-electron chi connectivity index (χ0n) is 11.8. The molecular weight excluding hydrogens is 295 g/mol. The summed E-state index contributed by atoms with van der Waals surface area (Å²) in [5.74, 6) is 0.192. The van der Waals surface area contributed by atoms with Crippen molar-refractivity contribution in [3.05, 3.63) is 54.2 Å². The van der Waals surface area contributed by atoms with Crippen LogP contribution < -0.4 is 4.72 Å². The summed E-state index contributed by atoms with van der Waals surface area (Å²) in [6.07, 6.45) is 1.54. The highest BCUT2D eigenvalue weighted by molar-refractivity contribution is 7.89. The summed E-state index contributed by atoms with van der Waals surface area (Å²) in [5, 5.41) is 0. The molecular formula is C14H17FN2O3S. The highest BCUT2D eigenvalue weighted by atomic mass is 32.2. The molecule has 2 aromatic rings. The van der Waals surface area contributed by atoms with E-state index in [0.29, 0.717) is 5.76 Å². The molecule has 0 fully saturated rings. The fraction of sp³-hybridized carbons (Fsp3) is 0.286. The van der Waals surface area contributed by atoms with Crippen LogP contribution in [-0.4, -0.2) is 34.0 Å². The molecule has 0 aliphatic rings. The molecule has 0 aliphatic heterocycles. The Labute approximate surface area is 123 Å². The molecule has 1 N–H and O–H groups in total. The minimum atomic E-state index is -3.68. The molecule has 7 heteroatoms. The van der Waals surface area contributed by atoms with E-state index in [2.05, 4.69) is 4.72 Å². The molecule has 5 nitrogen and oxygen atoms in total. The van der Waals surface area contributed by atoms with Gasteiger partial charge in [-0.1, -0.05) is 0 Å². The van der Waals surface area contributed by atoms with Crippen molar-refractivity contribution in [1.82, 2.24) is 9.62 Å². The van der Waals surface area contributed by atoms with Gasteiger partial charge in [0.05, 0.1) is 17.2 Å². The third-order valence-corrected chi connectivity index (χ3v) is 4.53. The van der Waals surface area contributed by atoms with E-state index in [9.17, 15) is 12.8 Å². The number of halogens is 1. The normalized spacial score (nSPS) is 13.5. The van der Waals surface area contributed by atoms with Gasteiger partial charge >= 0.3 is 0 Å². The van der Waals surface area contributed by atoms with Gasteiger partial charge in [-0.05, 0) is 50.5 Å². The SMILES string of the molecule is CN(C)[C@H](CNS(=O)(=O)c1ccc(F)cc1)c1ccco1. The second-order valence-electron chi connectivity index (χ2n) is 4.80. The van der Waals surface area contributed by atoms with E-state index in [4.69, 9.17) is 4.42 Å². The lowest BCUT2D eigenvalue weighted by Crippen LogP contribution is -2.34. The number of nitrogens with one attached hydrogen (secondary N) is 1. The van der Waals surface area contributed by atoms with Gasteiger partial charge in [-0.15, -0.1) is 0 Å². The first kappa shape index (κ1) is 15.7. The predicted octanol–water partition coefficient (Wildman–Crippen LogP) is 2.00. The first-order chi connectivity index (χ1) is 9.90. The van der Waals surface area contributed by atoms with Crippen molar-refractivity contribution in [3.8, 4) is 0 Å². The van der Waals surface area contributed by atoms with Gasteiger partial charge in [-0.25, -0.2) is 17.5 Å². The van der Waals surface area contributed by atoms with Crippen LogP contribution in [0, 0.1) is 5.82 Å². The quantitative estimate of drug-likeness (QED) is 0.886. The van der Waals surface area contributed by atoms with Crippen molar-refractivity contribution < 1.29 is 17.2 Å². The standard InChI is InChI=1S/C14H17FN2O3S/c1-17(2)13(14-4-3-9-20-14)10-16-21(18,19)12-7-5-11(15)6-8-12/h3-9,13,16H,10H2,1-2H3/t13-/m1/s1. The molecule has 0 bridgehead atoms. The Balaban J connectivity index is 2.11. The molecule has 114 valence electrons. The van der Waals surface area contributed by atoms with E-state index < -0.39 is 15.8 Å². The summed E-state index contributed by atoms with van der Waals surface area (Å²) in [4.78, 5) is 1.88. The van der Waals surface area contributed by atoms with Gasteiger partial charge in [-0.2, -0.15) is 0 Å². The first-order valence-electron chi connectivity index (χ1n) is 6.35. The highest BCUT2D eigenvalue weighted by Crippen LogP contribution is 2.19. The lowest BCUT2D eigenvalue weighted by Gasteiger charge is -2.22. The Bertz CT molecular complexity index is 667. The van der Waals surface area contributed by atoms with E-state index in [1.54, 1.807) is 18.4 Å². The topological polar surface area (TPSA) is 62.6 Å². The molecule has 0 unspecified atom stereocenters. The van der Waals surface area contributed by atoms with Gasteiger partial charge in [0, 0.05) is 6.54 Å². The molecule has 0 amide bonds. The number of furan rings is 1. The largest absolute Gasteiger partial charge is 0.468 e. The Morgan fingerprint density at radius 1 is 1.24 bits per heavy atom. The summed E-state index contributed by atoms with van der Waals surface area (Å²) >= 11 is 0. The second-order valence-corrected chi connectivity index (χ2v) is 6.57. The molecule has 0 spiro atoms. The first-order valence-corrected chi connectivity index (χ1v) is 7.83. The smallest absolute Gasteiger partial charge is 0.240 e. The zero-order valence-corrected chi connectivity index (χ0v) is 12.6. The molecule has 1 aromatic heterocycles. The van der Waals surface area contributed by atoms with Gasteiger partial charge in [0.2, 0.25) is 10.0 Å². The fourth-order valence-corrected chi connectivity index (χ4v) is 2.94. The fourth-order valence-electron chi connectivity index (χ4n) is 1.90. The molecule has 2 rings (SSSR count). The Kier molecular flexibility index (Phi) is 4.76. The van der Waals surface area contributed by atoms with Crippen LogP contribution >= 0.6 is 0 Å². The van der Waals surface area contributed by atoms with Crippen LogP contribution in [-0.2, 0) is 10.0 Å². The number of benzene rings is 1. The maximum Gasteiger partial charge on any atom is 0.240 e. The molecule has 1 atom stereocenters. The van der Waals surface area contributed by atoms with Crippen molar-refractivity contribution in [2.45, 2.75) is 10.9 Å². The van der Waals surface area contributed by atoms with Crippen molar-refractivity contribution in [1.29, 1.82) is 0 Å². The van der Waals surface area contributed by atoms with Gasteiger partial charge < -0.3 is 4.42 Å². The average Bonchev–Trinajstić information content (AvgIpc) is 2.93. The average molecular weight is 312 g/mol. The predicted molar refractivity (Wildman–Crippen MR) is 76.7 cm³/mol. The van der Waals surface area contributed by atoms with Crippen molar-refractivity contribution in [2.75, 3.05) is 20.6 Å². The number of rotatable bonds is 6. The molecule has 21 heavy (non-hydrogen) atoms. The minimum absolute atomic E-state index is 0.0286. The summed E-state index contributed by atoms with van der Waals surface area (Å²) in [6.45, 7) is 0.153. The Morgan fingerprint density at radius 3 is 2.43 bits per heavy atom. The van der Waals surface area contributed by atoms with Crippen LogP contribution in [0.4, 0.5) is 4.39 Å². The maximum absolute atomic E-state index is 12.8. The van der Waals surface area contributed by atoms with E-state index >= 15 is 0 Å². The van der Waals surface area contributed by atoms with E-state index in [1.807, 2.05) is 19.0 Å². The molecule has 1 heterocycles. The third-order valence-electron chi connectivity index (χ3n) is 3.09. The van der Waals surface area contributed by atoms with E-state index in [1.165, 1.54) is 12.1 Å². The Morgan fingerprint density at radius 2 is 1.90 bits per heavy atom. The summed E-state index contributed by atoms with van der Waals surface area (Å²) < 4.78 is 45.0. The summed E-state index contributed by atoms with van der Waals surface area (Å²) in [5.41, 5.74) is 0. The Hall–Kier alpha value is -1.70. The summed E-state index contributed by atoms with van der Waals surface area (Å²) in [7, 11) is -0.0163. The number of nitrogens with zero attached hydrogens (tertiary/aromatic N) is 1. The van der Waals surface area contributed by atoms with Crippen molar-refractivity contribution in [2.24, 2.45) is 0 Å². The van der Waals surface area contributed by atoms with Crippen LogP contribution in [0.1, 0.15) is 11.8 Å². The molecule has 0 saturated heterocycles. The van der Waals surface area contributed by atoms with Crippen LogP contribution in [0.25, 0.3) is 0 Å². The van der Waals surface area contributed by atoms with Crippen LogP contribution in [0.15, 0.2) is 52.0 Å². The lowest BCUT2D eigenvalue weighted by atomic mass is 10.2. The van der Waals surface area contributed by atoms with E-state index in [0.717, 1.165) is 12.1 Å². The van der Waals surface area contributed by atoms with E-state index in [-0.39, 0.29) is 17.5 Å². The summed E-state index contributed by atoms with van der Waals surface area (Å²) in [6, 6.07) is 8.01. The van der Waals surface area contributed by atoms with Gasteiger partial charge in [0.1, 0.15) is 11.6 Å². The number of hydrogen-bond donors (Lipinski definition) is 1. The molecule has 0 radical (unpaired) electrons. The minimum Gasteiger partial charge on any atom is -0.468 e. The molecule has 1 aromatic carbocycles. The van der Waals surface area contributed by atoms with Crippen LogP contribution in [0.3, 0.4) is 0 Å². The second kappa shape index (κ2) is 6.38. The zero-order chi connectivity index (χ0) is 15.5. The van der Waals surface area contributed by atoms with Crippen molar-refractivity contribution >= 4 is 10.0 Å². The maximum atomic E-state index is 12.8. The molecule has 0 saturated carbocycles. The van der Waals surface area contributed by atoms with Crippen molar-refractivity contribution in [3.63, 3.8) is 0 Å². The van der Waals surface area contributed by atoms with Gasteiger partial charge in [-0.3, -0.25) is 4.90 Å². The number of likely N-dealkylation sites (N-methyl/N-ethyl adjacent to an activating group) is 1. The lowest BCUT2D eigenvalue weighted by molar-refractivity contribution is 0.259. The number of hydrogen-bond acceptors (Lipinski definition) is 4. The van der Waals surface area contributed by atoms with Crippen LogP contribution in [0.5, 0.6) is 0 Å². The third kappa shape index (κ3) is 3.90. The van der Waals surface area contributed by atoms with Gasteiger partial charge in [0.25, 0.3) is 0 Å². The highest BCUT2D eigenvalue weighted by Gasteiger charge is 2.21. The number of sulfonamides is 1. The molecule has 0 aliphatic carbocycles. The van der Waals surface area contributed by atoms with Gasteiger partial charge in [0.15, 0.2) is 0 Å².